The first kappa shape index (κ1) is 16.8. The van der Waals surface area contributed by atoms with Crippen LogP contribution in [0.3, 0.4) is 0 Å². The Morgan fingerprint density at radius 3 is 2.13 bits per heavy atom. The zero-order valence-corrected chi connectivity index (χ0v) is 10.6. The molecular weight excluding hydrogens is 218 g/mol. The molecular formula is C9H21NO4S. The maximum atomic E-state index is 10.9. The molecule has 0 aliphatic heterocycles. The van der Waals surface area contributed by atoms with Gasteiger partial charge in [-0.2, -0.15) is 8.42 Å². The smallest absolute Gasteiger partial charge is 0.264 e. The summed E-state index contributed by atoms with van der Waals surface area (Å²) in [5.41, 5.74) is 0. The molecule has 92 valence electrons. The number of nitrogens with one attached hydrogen (secondary N) is 1. The average Bonchev–Trinajstić information content (AvgIpc) is 2.13. The van der Waals surface area contributed by atoms with Crippen molar-refractivity contribution in [3.05, 3.63) is 0 Å². The van der Waals surface area contributed by atoms with Crippen LogP contribution < -0.4 is 5.32 Å². The molecule has 5 nitrogen and oxygen atoms in total. The van der Waals surface area contributed by atoms with Gasteiger partial charge in [-0.3, -0.25) is 9.35 Å². The number of carbonyl (C=O) groups is 1. The van der Waals surface area contributed by atoms with E-state index in [4.69, 9.17) is 4.55 Å². The number of hydrogen-bond acceptors (Lipinski definition) is 3. The van der Waals surface area contributed by atoms with E-state index in [2.05, 4.69) is 5.32 Å². The fraction of sp³-hybridized carbons (Fsp3) is 0.889. The molecule has 0 rings (SSSR count). The summed E-state index contributed by atoms with van der Waals surface area (Å²) in [4.78, 5) is 10.9. The van der Waals surface area contributed by atoms with Gasteiger partial charge in [0.25, 0.3) is 10.1 Å². The second-order valence-electron chi connectivity index (χ2n) is 3.09. The van der Waals surface area contributed by atoms with Crippen molar-refractivity contribution in [2.45, 2.75) is 34.1 Å². The standard InChI is InChI=1S/C7H15NO4S.C2H6/c1-6(2)7(9)8-4-3-5-13(10,11)12;1-2/h6H,3-5H2,1-2H3,(H,8,9)(H,10,11,12);1-2H3. The minimum absolute atomic E-state index is 0.106. The molecule has 0 radical (unpaired) electrons. The van der Waals surface area contributed by atoms with Crippen LogP contribution in [0.2, 0.25) is 0 Å². The Bertz CT molecular complexity index is 259. The van der Waals surface area contributed by atoms with Gasteiger partial charge >= 0.3 is 0 Å². The summed E-state index contributed by atoms with van der Waals surface area (Å²) >= 11 is 0. The highest BCUT2D eigenvalue weighted by Gasteiger charge is 2.07. The molecule has 0 aromatic heterocycles. The molecule has 0 spiro atoms. The molecule has 0 unspecified atom stereocenters. The molecule has 0 atom stereocenters. The van der Waals surface area contributed by atoms with E-state index >= 15 is 0 Å². The number of amides is 1. The van der Waals surface area contributed by atoms with Crippen LogP contribution in [0.5, 0.6) is 0 Å². The normalized spacial score (nSPS) is 10.5. The first-order valence-corrected chi connectivity index (χ1v) is 6.66. The molecule has 0 fully saturated rings. The van der Waals surface area contributed by atoms with Crippen LogP contribution in [0.15, 0.2) is 0 Å². The quantitative estimate of drug-likeness (QED) is 0.555. The average molecular weight is 239 g/mol. The second-order valence-corrected chi connectivity index (χ2v) is 4.66. The van der Waals surface area contributed by atoms with Crippen molar-refractivity contribution in [2.75, 3.05) is 12.3 Å². The fourth-order valence-electron chi connectivity index (χ4n) is 0.670. The van der Waals surface area contributed by atoms with Gasteiger partial charge in [-0.1, -0.05) is 27.7 Å². The third-order valence-corrected chi connectivity index (χ3v) is 2.21. The van der Waals surface area contributed by atoms with E-state index in [1.807, 2.05) is 13.8 Å². The van der Waals surface area contributed by atoms with E-state index < -0.39 is 10.1 Å². The van der Waals surface area contributed by atoms with E-state index in [0.717, 1.165) is 0 Å². The zero-order valence-electron chi connectivity index (χ0n) is 9.78. The Kier molecular flexibility index (Phi) is 9.71. The SMILES string of the molecule is CC.CC(C)C(=O)NCCCS(=O)(=O)O. The van der Waals surface area contributed by atoms with Crippen LogP contribution in [-0.2, 0) is 14.9 Å². The Morgan fingerprint density at radius 2 is 1.80 bits per heavy atom. The highest BCUT2D eigenvalue weighted by Crippen LogP contribution is 1.91. The highest BCUT2D eigenvalue weighted by molar-refractivity contribution is 7.85. The Labute approximate surface area is 92.0 Å². The van der Waals surface area contributed by atoms with Crippen LogP contribution in [-0.4, -0.2) is 31.2 Å². The van der Waals surface area contributed by atoms with Crippen molar-refractivity contribution >= 4 is 16.0 Å². The van der Waals surface area contributed by atoms with Crippen LogP contribution in [0.25, 0.3) is 0 Å². The predicted octanol–water partition coefficient (Wildman–Crippen LogP) is 1.06. The lowest BCUT2D eigenvalue weighted by Gasteiger charge is -2.06. The van der Waals surface area contributed by atoms with Gasteiger partial charge in [0, 0.05) is 12.5 Å². The van der Waals surface area contributed by atoms with Gasteiger partial charge in [0.05, 0.1) is 5.75 Å². The Hall–Kier alpha value is -0.620. The van der Waals surface area contributed by atoms with Crippen molar-refractivity contribution in [3.63, 3.8) is 0 Å². The van der Waals surface area contributed by atoms with Crippen LogP contribution in [0.1, 0.15) is 34.1 Å². The van der Waals surface area contributed by atoms with Crippen LogP contribution >= 0.6 is 0 Å². The molecule has 0 aromatic carbocycles. The molecule has 6 heteroatoms. The first-order valence-electron chi connectivity index (χ1n) is 5.06. The molecule has 0 saturated heterocycles. The van der Waals surface area contributed by atoms with Crippen LogP contribution in [0.4, 0.5) is 0 Å². The van der Waals surface area contributed by atoms with Crippen LogP contribution in [0, 0.1) is 5.92 Å². The van der Waals surface area contributed by atoms with E-state index in [9.17, 15) is 13.2 Å². The molecule has 0 saturated carbocycles. The summed E-state index contributed by atoms with van der Waals surface area (Å²) in [6, 6.07) is 0. The summed E-state index contributed by atoms with van der Waals surface area (Å²) in [7, 11) is -3.89. The highest BCUT2D eigenvalue weighted by atomic mass is 32.2. The van der Waals surface area contributed by atoms with Gasteiger partial charge in [0.2, 0.25) is 5.91 Å². The first-order chi connectivity index (χ1) is 6.83. The lowest BCUT2D eigenvalue weighted by atomic mass is 10.2. The Morgan fingerprint density at radius 1 is 1.33 bits per heavy atom. The number of rotatable bonds is 5. The van der Waals surface area contributed by atoms with Gasteiger partial charge < -0.3 is 5.32 Å². The molecule has 0 aromatic rings. The zero-order chi connectivity index (χ0) is 12.5. The monoisotopic (exact) mass is 239 g/mol. The van der Waals surface area contributed by atoms with Gasteiger partial charge in [-0.15, -0.1) is 0 Å². The topological polar surface area (TPSA) is 83.5 Å². The number of carbonyl (C=O) groups excluding carboxylic acids is 1. The lowest BCUT2D eigenvalue weighted by Crippen LogP contribution is -2.29. The Balaban J connectivity index is 0. The maximum Gasteiger partial charge on any atom is 0.264 e. The summed E-state index contributed by atoms with van der Waals surface area (Å²) in [6.07, 6.45) is 0.233. The summed E-state index contributed by atoms with van der Waals surface area (Å²) in [5, 5.41) is 2.54. The summed E-state index contributed by atoms with van der Waals surface area (Å²) < 4.78 is 28.9. The van der Waals surface area contributed by atoms with Crippen molar-refractivity contribution in [2.24, 2.45) is 5.92 Å². The van der Waals surface area contributed by atoms with Crippen molar-refractivity contribution in [3.8, 4) is 0 Å². The molecule has 1 amide bonds. The van der Waals surface area contributed by atoms with Crippen molar-refractivity contribution in [1.82, 2.24) is 5.32 Å². The van der Waals surface area contributed by atoms with E-state index in [0.29, 0.717) is 0 Å². The van der Waals surface area contributed by atoms with Gasteiger partial charge in [0.15, 0.2) is 0 Å². The van der Waals surface area contributed by atoms with E-state index in [1.54, 1.807) is 13.8 Å². The maximum absolute atomic E-state index is 10.9. The van der Waals surface area contributed by atoms with Gasteiger partial charge in [0.1, 0.15) is 0 Å². The van der Waals surface area contributed by atoms with E-state index in [1.165, 1.54) is 0 Å². The molecule has 0 bridgehead atoms. The van der Waals surface area contributed by atoms with E-state index in [-0.39, 0.29) is 30.5 Å². The van der Waals surface area contributed by atoms with Gasteiger partial charge in [-0.25, -0.2) is 0 Å². The molecule has 0 aliphatic carbocycles. The summed E-state index contributed by atoms with van der Waals surface area (Å²) in [6.45, 7) is 7.77. The molecule has 0 heterocycles. The fourth-order valence-corrected chi connectivity index (χ4v) is 1.18. The molecule has 15 heavy (non-hydrogen) atoms. The largest absolute Gasteiger partial charge is 0.356 e. The number of hydrogen-bond donors (Lipinski definition) is 2. The molecule has 0 aliphatic rings. The third kappa shape index (κ3) is 13.4. The minimum atomic E-state index is -3.89. The minimum Gasteiger partial charge on any atom is -0.356 e. The van der Waals surface area contributed by atoms with Gasteiger partial charge in [-0.05, 0) is 6.42 Å². The lowest BCUT2D eigenvalue weighted by molar-refractivity contribution is -0.123. The van der Waals surface area contributed by atoms with Crippen molar-refractivity contribution in [1.29, 1.82) is 0 Å². The second kappa shape index (κ2) is 8.67. The van der Waals surface area contributed by atoms with Crippen molar-refractivity contribution < 1.29 is 17.8 Å². The third-order valence-electron chi connectivity index (χ3n) is 1.40. The summed E-state index contributed by atoms with van der Waals surface area (Å²) in [5.74, 6) is -0.535. The predicted molar refractivity (Wildman–Crippen MR) is 60.2 cm³/mol. The molecule has 2 N–H and O–H groups in total.